The van der Waals surface area contributed by atoms with Gasteiger partial charge >= 0.3 is 6.09 Å². The molecule has 1 fully saturated rings. The van der Waals surface area contributed by atoms with Crippen LogP contribution in [0, 0.1) is 5.92 Å². The van der Waals surface area contributed by atoms with Crippen molar-refractivity contribution in [2.24, 2.45) is 5.92 Å². The lowest BCUT2D eigenvalue weighted by atomic mass is 10.0. The smallest absolute Gasteiger partial charge is 0.407 e. The van der Waals surface area contributed by atoms with E-state index in [1.165, 1.54) is 0 Å². The van der Waals surface area contributed by atoms with Gasteiger partial charge in [0.05, 0.1) is 5.92 Å². The molecule has 0 aliphatic heterocycles. The highest BCUT2D eigenvalue weighted by Gasteiger charge is 2.34. The van der Waals surface area contributed by atoms with Gasteiger partial charge in [0.15, 0.2) is 0 Å². The maximum absolute atomic E-state index is 12.4. The Morgan fingerprint density at radius 3 is 2.52 bits per heavy atom. The number of hydrogen-bond acceptors (Lipinski definition) is 3. The fraction of sp³-hybridized carbons (Fsp3) is 0.556. The van der Waals surface area contributed by atoms with Crippen LogP contribution >= 0.6 is 0 Å². The van der Waals surface area contributed by atoms with E-state index in [1.807, 2.05) is 51.1 Å². The third-order valence-corrected chi connectivity index (χ3v) is 3.86. The lowest BCUT2D eigenvalue weighted by Gasteiger charge is -2.24. The van der Waals surface area contributed by atoms with Crippen LogP contribution in [0.2, 0.25) is 0 Å². The molecule has 0 heterocycles. The number of carbonyl (C=O) groups is 2. The third kappa shape index (κ3) is 5.58. The van der Waals surface area contributed by atoms with E-state index in [-0.39, 0.29) is 17.9 Å². The Bertz CT molecular complexity index is 537. The highest BCUT2D eigenvalue weighted by molar-refractivity contribution is 5.80. The molecule has 1 aromatic carbocycles. The second-order valence-electron chi connectivity index (χ2n) is 6.99. The van der Waals surface area contributed by atoms with Crippen LogP contribution in [-0.2, 0) is 16.1 Å². The second-order valence-corrected chi connectivity index (χ2v) is 6.99. The average Bonchev–Trinajstić information content (AvgIpc) is 2.92. The molecular weight excluding hydrogens is 292 g/mol. The first-order valence-electron chi connectivity index (χ1n) is 8.16. The third-order valence-electron chi connectivity index (χ3n) is 3.86. The molecule has 126 valence electrons. The molecule has 1 saturated carbocycles. The summed E-state index contributed by atoms with van der Waals surface area (Å²) in [6, 6.07) is 9.65. The first kappa shape index (κ1) is 17.3. The van der Waals surface area contributed by atoms with Gasteiger partial charge in [-0.1, -0.05) is 36.8 Å². The van der Waals surface area contributed by atoms with Crippen molar-refractivity contribution in [2.45, 2.75) is 58.2 Å². The van der Waals surface area contributed by atoms with Crippen molar-refractivity contribution in [3.8, 4) is 0 Å². The van der Waals surface area contributed by atoms with Crippen molar-refractivity contribution in [3.05, 3.63) is 35.9 Å². The fourth-order valence-electron chi connectivity index (χ4n) is 2.82. The minimum atomic E-state index is -0.534. The van der Waals surface area contributed by atoms with Crippen molar-refractivity contribution in [2.75, 3.05) is 0 Å². The summed E-state index contributed by atoms with van der Waals surface area (Å²) in [5.74, 6) is -0.196. The van der Waals surface area contributed by atoms with Gasteiger partial charge in [0.2, 0.25) is 5.91 Å². The van der Waals surface area contributed by atoms with Gasteiger partial charge in [-0.05, 0) is 39.2 Å². The van der Waals surface area contributed by atoms with Crippen LogP contribution in [0.25, 0.3) is 0 Å². The zero-order valence-electron chi connectivity index (χ0n) is 14.1. The van der Waals surface area contributed by atoms with Gasteiger partial charge in [0.25, 0.3) is 0 Å². The zero-order valence-corrected chi connectivity index (χ0v) is 14.1. The molecule has 0 unspecified atom stereocenters. The normalized spacial score (nSPS) is 20.8. The van der Waals surface area contributed by atoms with Gasteiger partial charge < -0.3 is 15.4 Å². The van der Waals surface area contributed by atoms with E-state index in [4.69, 9.17) is 4.74 Å². The van der Waals surface area contributed by atoms with Gasteiger partial charge in [0.1, 0.15) is 5.60 Å². The highest BCUT2D eigenvalue weighted by atomic mass is 16.6. The number of benzene rings is 1. The SMILES string of the molecule is CC(C)(C)OC(=O)N[C@@H]1CCC[C@@H]1C(=O)NCc1ccccc1. The number of amides is 2. The largest absolute Gasteiger partial charge is 0.444 e. The van der Waals surface area contributed by atoms with Crippen LogP contribution in [0.15, 0.2) is 30.3 Å². The maximum atomic E-state index is 12.4. The molecule has 2 atom stereocenters. The van der Waals surface area contributed by atoms with Gasteiger partial charge in [-0.2, -0.15) is 0 Å². The Balaban J connectivity index is 1.85. The summed E-state index contributed by atoms with van der Waals surface area (Å²) in [6.07, 6.45) is 2.08. The molecule has 1 aromatic rings. The quantitative estimate of drug-likeness (QED) is 0.897. The molecule has 2 amide bonds. The van der Waals surface area contributed by atoms with E-state index >= 15 is 0 Å². The van der Waals surface area contributed by atoms with Crippen molar-refractivity contribution in [3.63, 3.8) is 0 Å². The molecule has 0 radical (unpaired) electrons. The summed E-state index contributed by atoms with van der Waals surface area (Å²) in [7, 11) is 0. The maximum Gasteiger partial charge on any atom is 0.407 e. The molecule has 5 nitrogen and oxygen atoms in total. The van der Waals surface area contributed by atoms with E-state index in [0.29, 0.717) is 6.54 Å². The Morgan fingerprint density at radius 1 is 1.17 bits per heavy atom. The van der Waals surface area contributed by atoms with Crippen molar-refractivity contribution in [1.82, 2.24) is 10.6 Å². The van der Waals surface area contributed by atoms with E-state index < -0.39 is 11.7 Å². The van der Waals surface area contributed by atoms with Crippen molar-refractivity contribution >= 4 is 12.0 Å². The summed E-state index contributed by atoms with van der Waals surface area (Å²) in [4.78, 5) is 24.3. The van der Waals surface area contributed by atoms with E-state index in [2.05, 4.69) is 10.6 Å². The number of carbonyl (C=O) groups excluding carboxylic acids is 2. The monoisotopic (exact) mass is 318 g/mol. The lowest BCUT2D eigenvalue weighted by molar-refractivity contribution is -0.125. The van der Waals surface area contributed by atoms with E-state index in [0.717, 1.165) is 24.8 Å². The van der Waals surface area contributed by atoms with Gasteiger partial charge in [-0.15, -0.1) is 0 Å². The number of ether oxygens (including phenoxy) is 1. The van der Waals surface area contributed by atoms with Crippen LogP contribution in [-0.4, -0.2) is 23.6 Å². The molecule has 0 saturated heterocycles. The minimum absolute atomic E-state index is 0.00703. The highest BCUT2D eigenvalue weighted by Crippen LogP contribution is 2.26. The first-order valence-corrected chi connectivity index (χ1v) is 8.16. The molecule has 0 aromatic heterocycles. The molecule has 1 aliphatic carbocycles. The molecule has 1 aliphatic rings. The van der Waals surface area contributed by atoms with Gasteiger partial charge in [-0.25, -0.2) is 4.79 Å². The number of nitrogens with one attached hydrogen (secondary N) is 2. The fourth-order valence-corrected chi connectivity index (χ4v) is 2.82. The summed E-state index contributed by atoms with van der Waals surface area (Å²) in [5, 5.41) is 5.80. The van der Waals surface area contributed by atoms with Crippen LogP contribution in [0.4, 0.5) is 4.79 Å². The zero-order chi connectivity index (χ0) is 16.9. The molecule has 2 rings (SSSR count). The summed E-state index contributed by atoms with van der Waals surface area (Å²) in [6.45, 7) is 5.98. The second kappa shape index (κ2) is 7.49. The van der Waals surface area contributed by atoms with Crippen LogP contribution < -0.4 is 10.6 Å². The molecule has 23 heavy (non-hydrogen) atoms. The van der Waals surface area contributed by atoms with Crippen molar-refractivity contribution < 1.29 is 14.3 Å². The van der Waals surface area contributed by atoms with Crippen LogP contribution in [0.5, 0.6) is 0 Å². The van der Waals surface area contributed by atoms with Crippen molar-refractivity contribution in [1.29, 1.82) is 0 Å². The predicted octanol–water partition coefficient (Wildman–Crippen LogP) is 3.00. The first-order chi connectivity index (χ1) is 10.8. The number of alkyl carbamates (subject to hydrolysis) is 1. The lowest BCUT2D eigenvalue weighted by Crippen LogP contribution is -2.45. The standard InChI is InChI=1S/C18H26N2O3/c1-18(2,3)23-17(22)20-15-11-7-10-14(15)16(21)19-12-13-8-5-4-6-9-13/h4-6,8-9,14-15H,7,10-12H2,1-3H3,(H,19,21)(H,20,22)/t14-,15+/m0/s1. The molecular formula is C18H26N2O3. The van der Waals surface area contributed by atoms with E-state index in [9.17, 15) is 9.59 Å². The molecule has 5 heteroatoms. The summed E-state index contributed by atoms with van der Waals surface area (Å²) < 4.78 is 5.28. The van der Waals surface area contributed by atoms with Crippen LogP contribution in [0.3, 0.4) is 0 Å². The Kier molecular flexibility index (Phi) is 5.64. The minimum Gasteiger partial charge on any atom is -0.444 e. The number of rotatable bonds is 4. The number of hydrogen-bond donors (Lipinski definition) is 2. The van der Waals surface area contributed by atoms with Gasteiger partial charge in [-0.3, -0.25) is 4.79 Å². The van der Waals surface area contributed by atoms with Crippen LogP contribution in [0.1, 0.15) is 45.6 Å². The average molecular weight is 318 g/mol. The Labute approximate surface area is 137 Å². The summed E-state index contributed by atoms with van der Waals surface area (Å²) >= 11 is 0. The Morgan fingerprint density at radius 2 is 1.87 bits per heavy atom. The molecule has 0 bridgehead atoms. The topological polar surface area (TPSA) is 67.4 Å². The molecule has 2 N–H and O–H groups in total. The Hall–Kier alpha value is -2.04. The molecule has 0 spiro atoms. The van der Waals surface area contributed by atoms with Gasteiger partial charge in [0, 0.05) is 12.6 Å². The summed E-state index contributed by atoms with van der Waals surface area (Å²) in [5.41, 5.74) is 0.531. The van der Waals surface area contributed by atoms with E-state index in [1.54, 1.807) is 0 Å². The predicted molar refractivity (Wildman–Crippen MR) is 88.8 cm³/mol.